The van der Waals surface area contributed by atoms with Crippen molar-refractivity contribution in [1.29, 1.82) is 0 Å². The first-order valence-electron chi connectivity index (χ1n) is 8.97. The molecule has 0 aromatic heterocycles. The first-order valence-corrected chi connectivity index (χ1v) is 8.97. The Morgan fingerprint density at radius 1 is 0.636 bits per heavy atom. The largest absolute Gasteiger partial charge is 2.00 e. The van der Waals surface area contributed by atoms with Crippen LogP contribution in [0.15, 0.2) is 0 Å². The van der Waals surface area contributed by atoms with Crippen molar-refractivity contribution in [3.05, 3.63) is 0 Å². The van der Waals surface area contributed by atoms with E-state index in [4.69, 9.17) is 0 Å². The molecule has 22 heavy (non-hydrogen) atoms. The third-order valence-electron chi connectivity index (χ3n) is 3.98. The Morgan fingerprint density at radius 2 is 0.909 bits per heavy atom. The zero-order valence-corrected chi connectivity index (χ0v) is 16.4. The monoisotopic (exact) mass is 370 g/mol. The molecular weight excluding hydrogens is 336 g/mol. The van der Waals surface area contributed by atoms with Gasteiger partial charge in [-0.1, -0.05) is 96.8 Å². The van der Waals surface area contributed by atoms with Crippen molar-refractivity contribution in [3.63, 3.8) is 0 Å². The van der Waals surface area contributed by atoms with E-state index in [1.807, 2.05) is 0 Å². The van der Waals surface area contributed by atoms with E-state index in [0.29, 0.717) is 0 Å². The molecule has 0 bridgehead atoms. The molecule has 0 radical (unpaired) electrons. The number of hydrogen-bond acceptors (Lipinski definition) is 2. The Kier molecular flexibility index (Phi) is 29.1. The molecule has 0 amide bonds. The van der Waals surface area contributed by atoms with Gasteiger partial charge in [0.2, 0.25) is 0 Å². The third kappa shape index (κ3) is 25.3. The maximum atomic E-state index is 10.2. The van der Waals surface area contributed by atoms with Gasteiger partial charge in [-0.15, -0.1) is 0 Å². The van der Waals surface area contributed by atoms with Gasteiger partial charge >= 0.3 is 17.4 Å². The smallest absolute Gasteiger partial charge is 1.00 e. The zero-order valence-electron chi connectivity index (χ0n) is 14.4. The summed E-state index contributed by atoms with van der Waals surface area (Å²) in [5, 5.41) is 10.2. The fourth-order valence-electron chi connectivity index (χ4n) is 2.64. The van der Waals surface area contributed by atoms with Crippen LogP contribution in [0.25, 0.3) is 0 Å². The van der Waals surface area contributed by atoms with Crippen molar-refractivity contribution in [2.24, 2.45) is 0 Å². The predicted molar refractivity (Wildman–Crippen MR) is 84.6 cm³/mol. The van der Waals surface area contributed by atoms with E-state index in [0.717, 1.165) is 12.8 Å². The van der Waals surface area contributed by atoms with E-state index in [9.17, 15) is 9.90 Å². The molecule has 0 unspecified atom stereocenters. The number of carboxylic acid groups (broad SMARTS) is 1. The molecule has 4 heteroatoms. The van der Waals surface area contributed by atoms with E-state index in [-0.39, 0.29) is 36.2 Å². The van der Waals surface area contributed by atoms with Crippen molar-refractivity contribution in [2.45, 2.75) is 110 Å². The third-order valence-corrected chi connectivity index (χ3v) is 3.98. The van der Waals surface area contributed by atoms with Crippen LogP contribution in [-0.2, 0) is 22.2 Å². The Hall–Kier alpha value is 0.292. The van der Waals surface area contributed by atoms with Gasteiger partial charge in [0.05, 0.1) is 0 Å². The zero-order chi connectivity index (χ0) is 14.9. The van der Waals surface area contributed by atoms with Gasteiger partial charge in [0, 0.05) is 5.97 Å². The van der Waals surface area contributed by atoms with Gasteiger partial charge in [0.25, 0.3) is 0 Å². The molecule has 0 N–H and O–H groups in total. The summed E-state index contributed by atoms with van der Waals surface area (Å²) in [6, 6.07) is 0. The van der Waals surface area contributed by atoms with Gasteiger partial charge in [-0.3, -0.25) is 0 Å². The minimum absolute atomic E-state index is 0. The summed E-state index contributed by atoms with van der Waals surface area (Å²) in [4.78, 5) is 10.2. The van der Waals surface area contributed by atoms with Gasteiger partial charge in [0.1, 0.15) is 0 Å². The minimum Gasteiger partial charge on any atom is -1.00 e. The summed E-state index contributed by atoms with van der Waals surface area (Å²) in [5.74, 6) is -0.903. The summed E-state index contributed by atoms with van der Waals surface area (Å²) >= 11 is 0. The molecular formula is C18H35ClCrO2. The first kappa shape index (κ1) is 27.2. The van der Waals surface area contributed by atoms with Crippen LogP contribution >= 0.6 is 0 Å². The quantitative estimate of drug-likeness (QED) is 0.390. The van der Waals surface area contributed by atoms with Crippen LogP contribution < -0.4 is 17.5 Å². The van der Waals surface area contributed by atoms with Gasteiger partial charge in [0.15, 0.2) is 0 Å². The van der Waals surface area contributed by atoms with Gasteiger partial charge in [-0.05, 0) is 12.8 Å². The maximum Gasteiger partial charge on any atom is 2.00 e. The molecule has 0 aromatic carbocycles. The molecule has 132 valence electrons. The molecule has 0 spiro atoms. The normalized spacial score (nSPS) is 9.86. The van der Waals surface area contributed by atoms with Crippen LogP contribution in [0.4, 0.5) is 0 Å². The summed E-state index contributed by atoms with van der Waals surface area (Å²) in [7, 11) is 0. The molecule has 0 fully saturated rings. The van der Waals surface area contributed by atoms with E-state index in [1.165, 1.54) is 83.5 Å². The number of unbranched alkanes of at least 4 members (excludes halogenated alkanes) is 14. The van der Waals surface area contributed by atoms with Gasteiger partial charge < -0.3 is 22.3 Å². The standard InChI is InChI=1S/C18H36O2.ClH.Cr/c1-2-3-4-5-6-7-8-9-10-11-12-13-14-15-16-17-18(19)20;;/h2-17H2,1H3,(H,19,20);1H;/q;;+2/p-2. The van der Waals surface area contributed by atoms with Gasteiger partial charge in [-0.25, -0.2) is 0 Å². The molecule has 0 aliphatic rings. The van der Waals surface area contributed by atoms with Gasteiger partial charge in [-0.2, -0.15) is 0 Å². The Balaban J connectivity index is -0.00000180. The van der Waals surface area contributed by atoms with Crippen LogP contribution in [0.2, 0.25) is 0 Å². The number of rotatable bonds is 16. The summed E-state index contributed by atoms with van der Waals surface area (Å²) in [6.07, 6.45) is 19.9. The number of halogens is 1. The topological polar surface area (TPSA) is 40.1 Å². The van der Waals surface area contributed by atoms with E-state index >= 15 is 0 Å². The number of aliphatic carboxylic acids is 1. The second-order valence-corrected chi connectivity index (χ2v) is 6.07. The molecule has 0 aliphatic heterocycles. The Labute approximate surface area is 155 Å². The second kappa shape index (κ2) is 23.6. The summed E-state index contributed by atoms with van der Waals surface area (Å²) in [5.41, 5.74) is 0. The number of carbonyl (C=O) groups is 1. The van der Waals surface area contributed by atoms with E-state index < -0.39 is 5.97 Å². The summed E-state index contributed by atoms with van der Waals surface area (Å²) in [6.45, 7) is 2.27. The fraction of sp³-hybridized carbons (Fsp3) is 0.944. The van der Waals surface area contributed by atoms with Crippen molar-refractivity contribution >= 4 is 5.97 Å². The molecule has 2 nitrogen and oxygen atoms in total. The predicted octanol–water partition coefficient (Wildman–Crippen LogP) is 2.00. The van der Waals surface area contributed by atoms with Crippen LogP contribution in [0, 0.1) is 0 Å². The van der Waals surface area contributed by atoms with Crippen molar-refractivity contribution in [2.75, 3.05) is 0 Å². The fourth-order valence-corrected chi connectivity index (χ4v) is 2.64. The van der Waals surface area contributed by atoms with Crippen LogP contribution in [0.3, 0.4) is 0 Å². The molecule has 0 heterocycles. The average molecular weight is 371 g/mol. The second-order valence-electron chi connectivity index (χ2n) is 6.07. The van der Waals surface area contributed by atoms with E-state index in [1.54, 1.807) is 0 Å². The van der Waals surface area contributed by atoms with Crippen LogP contribution in [0.1, 0.15) is 110 Å². The summed E-state index contributed by atoms with van der Waals surface area (Å²) < 4.78 is 0. The molecule has 0 aromatic rings. The molecule has 0 saturated carbocycles. The van der Waals surface area contributed by atoms with Crippen molar-refractivity contribution in [3.8, 4) is 0 Å². The van der Waals surface area contributed by atoms with Crippen LogP contribution in [0.5, 0.6) is 0 Å². The van der Waals surface area contributed by atoms with Crippen molar-refractivity contribution < 1.29 is 39.7 Å². The minimum atomic E-state index is -0.903. The number of carbonyl (C=O) groups excluding carboxylic acids is 1. The maximum absolute atomic E-state index is 10.2. The van der Waals surface area contributed by atoms with Crippen LogP contribution in [-0.4, -0.2) is 5.97 Å². The Bertz CT molecular complexity index is 213. The number of carboxylic acids is 1. The molecule has 0 saturated heterocycles. The Morgan fingerprint density at radius 3 is 1.18 bits per heavy atom. The van der Waals surface area contributed by atoms with Crippen molar-refractivity contribution in [1.82, 2.24) is 0 Å². The number of hydrogen-bond donors (Lipinski definition) is 0. The SMILES string of the molecule is CCCCCCCCCCCCCCCCCC(=O)[O-].[Cl-].[Cr+2]. The average Bonchev–Trinajstić information content (AvgIpc) is 2.43. The molecule has 0 atom stereocenters. The van der Waals surface area contributed by atoms with E-state index in [2.05, 4.69) is 6.92 Å². The molecule has 0 rings (SSSR count). The molecule has 0 aliphatic carbocycles. The first-order chi connectivity index (χ1) is 9.77.